The van der Waals surface area contributed by atoms with E-state index in [1.54, 1.807) is 4.90 Å². The number of hydrogen-bond donors (Lipinski definition) is 2. The Morgan fingerprint density at radius 1 is 1.15 bits per heavy atom. The fraction of sp³-hybridized carbons (Fsp3) is 0.320. The van der Waals surface area contributed by atoms with Crippen LogP contribution in [0.1, 0.15) is 34.0 Å². The molecule has 2 aromatic carbocycles. The highest BCUT2D eigenvalue weighted by atomic mass is 32.1. The molecule has 0 radical (unpaired) electrons. The number of anilines is 3. The monoisotopic (exact) mass is 480 g/mol. The first kappa shape index (κ1) is 25.5. The number of hydrogen-bond acceptors (Lipinski definition) is 7. The predicted octanol–water partition coefficient (Wildman–Crippen LogP) is 3.14. The van der Waals surface area contributed by atoms with Crippen molar-refractivity contribution >= 4 is 36.9 Å². The standard InChI is InChI=1S/C25H30N6O2.H2S/c1-27-12-11-22(19-8-4-3-5-9-19)33-17-18-7-6-10-20(15-18)31-14-13-30(2)23-21(24(31)32)16-28-25(26)29-23;/h3-10,15-16,22,27H,11-14,17H2,1-2H3,(H2,26,28,29);1H2. The van der Waals surface area contributed by atoms with Crippen LogP contribution in [0.15, 0.2) is 60.8 Å². The summed E-state index contributed by atoms with van der Waals surface area (Å²) in [6, 6.07) is 18.2. The summed E-state index contributed by atoms with van der Waals surface area (Å²) in [6.45, 7) is 2.48. The lowest BCUT2D eigenvalue weighted by molar-refractivity contribution is 0.0344. The van der Waals surface area contributed by atoms with Gasteiger partial charge < -0.3 is 25.6 Å². The lowest BCUT2D eigenvalue weighted by Gasteiger charge is -2.22. The second-order valence-electron chi connectivity index (χ2n) is 8.12. The summed E-state index contributed by atoms with van der Waals surface area (Å²) in [6.07, 6.45) is 2.37. The fourth-order valence-corrected chi connectivity index (χ4v) is 3.98. The van der Waals surface area contributed by atoms with Gasteiger partial charge in [0.25, 0.3) is 5.91 Å². The van der Waals surface area contributed by atoms with Crippen molar-refractivity contribution in [2.24, 2.45) is 0 Å². The smallest absolute Gasteiger partial charge is 0.263 e. The third kappa shape index (κ3) is 5.85. The van der Waals surface area contributed by atoms with Crippen molar-refractivity contribution in [1.82, 2.24) is 15.3 Å². The molecule has 0 bridgehead atoms. The number of nitrogen functional groups attached to an aromatic ring is 1. The Balaban J connectivity index is 0.00000324. The van der Waals surface area contributed by atoms with E-state index in [-0.39, 0.29) is 31.5 Å². The van der Waals surface area contributed by atoms with Crippen molar-refractivity contribution in [3.8, 4) is 0 Å². The molecule has 4 rings (SSSR count). The molecule has 0 saturated carbocycles. The molecule has 3 aromatic rings. The topological polar surface area (TPSA) is 96.6 Å². The van der Waals surface area contributed by atoms with Crippen molar-refractivity contribution in [3.63, 3.8) is 0 Å². The van der Waals surface area contributed by atoms with Gasteiger partial charge in [0.15, 0.2) is 0 Å². The van der Waals surface area contributed by atoms with Crippen LogP contribution in [0, 0.1) is 0 Å². The molecule has 180 valence electrons. The van der Waals surface area contributed by atoms with Gasteiger partial charge in [-0.05, 0) is 43.3 Å². The average Bonchev–Trinajstić information content (AvgIpc) is 2.96. The summed E-state index contributed by atoms with van der Waals surface area (Å²) in [7, 11) is 3.85. The molecule has 1 aliphatic rings. The molecule has 34 heavy (non-hydrogen) atoms. The van der Waals surface area contributed by atoms with Gasteiger partial charge in [0.05, 0.1) is 12.7 Å². The highest BCUT2D eigenvalue weighted by Crippen LogP contribution is 2.27. The molecule has 0 spiro atoms. The Labute approximate surface area is 207 Å². The first-order valence-electron chi connectivity index (χ1n) is 11.1. The molecule has 8 nitrogen and oxygen atoms in total. The van der Waals surface area contributed by atoms with Crippen LogP contribution in [-0.2, 0) is 11.3 Å². The number of nitrogens with one attached hydrogen (secondary N) is 1. The van der Waals surface area contributed by atoms with Crippen LogP contribution >= 0.6 is 13.5 Å². The molecule has 1 unspecified atom stereocenters. The van der Waals surface area contributed by atoms with Crippen LogP contribution < -0.4 is 20.9 Å². The molecular formula is C25H32N6O2S. The molecule has 2 heterocycles. The van der Waals surface area contributed by atoms with Gasteiger partial charge in [0.1, 0.15) is 11.4 Å². The van der Waals surface area contributed by atoms with E-state index in [4.69, 9.17) is 10.5 Å². The maximum atomic E-state index is 13.3. The van der Waals surface area contributed by atoms with E-state index in [0.717, 1.165) is 29.8 Å². The Bertz CT molecular complexity index is 1100. The van der Waals surface area contributed by atoms with Gasteiger partial charge in [-0.15, -0.1) is 0 Å². The zero-order chi connectivity index (χ0) is 23.2. The highest BCUT2D eigenvalue weighted by Gasteiger charge is 2.28. The fourth-order valence-electron chi connectivity index (χ4n) is 3.98. The number of aromatic nitrogens is 2. The summed E-state index contributed by atoms with van der Waals surface area (Å²) in [4.78, 5) is 25.3. The largest absolute Gasteiger partial charge is 0.369 e. The second-order valence-corrected chi connectivity index (χ2v) is 8.12. The number of benzene rings is 2. The molecular weight excluding hydrogens is 448 g/mol. The summed E-state index contributed by atoms with van der Waals surface area (Å²) >= 11 is 0. The van der Waals surface area contributed by atoms with E-state index in [1.165, 1.54) is 6.20 Å². The number of ether oxygens (including phenoxy) is 1. The average molecular weight is 481 g/mol. The minimum absolute atomic E-state index is 0. The van der Waals surface area contributed by atoms with Crippen LogP contribution in [0.2, 0.25) is 0 Å². The lowest BCUT2D eigenvalue weighted by Crippen LogP contribution is -2.33. The number of amides is 1. The maximum Gasteiger partial charge on any atom is 0.263 e. The van der Waals surface area contributed by atoms with Gasteiger partial charge in [-0.3, -0.25) is 4.79 Å². The third-order valence-corrected chi connectivity index (χ3v) is 5.78. The molecule has 1 atom stereocenters. The number of nitrogens with two attached hydrogens (primary N) is 1. The molecule has 1 amide bonds. The minimum Gasteiger partial charge on any atom is -0.369 e. The van der Waals surface area contributed by atoms with E-state index >= 15 is 0 Å². The lowest BCUT2D eigenvalue weighted by atomic mass is 10.1. The Hall–Kier alpha value is -3.14. The summed E-state index contributed by atoms with van der Waals surface area (Å²) in [5.74, 6) is 0.584. The molecule has 1 aliphatic heterocycles. The predicted molar refractivity (Wildman–Crippen MR) is 141 cm³/mol. The van der Waals surface area contributed by atoms with Crippen molar-refractivity contribution in [1.29, 1.82) is 0 Å². The Morgan fingerprint density at radius 3 is 2.71 bits per heavy atom. The van der Waals surface area contributed by atoms with Gasteiger partial charge in [-0.25, -0.2) is 4.98 Å². The van der Waals surface area contributed by atoms with Crippen molar-refractivity contribution < 1.29 is 9.53 Å². The van der Waals surface area contributed by atoms with Crippen LogP contribution in [0.4, 0.5) is 17.5 Å². The van der Waals surface area contributed by atoms with Gasteiger partial charge in [0.2, 0.25) is 5.95 Å². The molecule has 9 heteroatoms. The number of fused-ring (bicyclic) bond motifs is 1. The van der Waals surface area contributed by atoms with Crippen LogP contribution in [0.5, 0.6) is 0 Å². The first-order chi connectivity index (χ1) is 16.1. The molecule has 3 N–H and O–H groups in total. The molecule has 0 fully saturated rings. The number of nitrogens with zero attached hydrogens (tertiary/aromatic N) is 4. The van der Waals surface area contributed by atoms with E-state index < -0.39 is 0 Å². The van der Waals surface area contributed by atoms with E-state index in [9.17, 15) is 4.79 Å². The number of carbonyl (C=O) groups excluding carboxylic acids is 1. The van der Waals surface area contributed by atoms with Gasteiger partial charge in [-0.2, -0.15) is 18.5 Å². The first-order valence-corrected chi connectivity index (χ1v) is 11.1. The van der Waals surface area contributed by atoms with Crippen molar-refractivity contribution in [3.05, 3.63) is 77.5 Å². The van der Waals surface area contributed by atoms with Crippen LogP contribution in [-0.4, -0.2) is 49.6 Å². The third-order valence-electron chi connectivity index (χ3n) is 5.78. The van der Waals surface area contributed by atoms with E-state index in [0.29, 0.717) is 31.1 Å². The summed E-state index contributed by atoms with van der Waals surface area (Å²) in [5.41, 5.74) is 9.18. The van der Waals surface area contributed by atoms with Gasteiger partial charge >= 0.3 is 0 Å². The zero-order valence-electron chi connectivity index (χ0n) is 19.6. The van der Waals surface area contributed by atoms with Crippen molar-refractivity contribution in [2.45, 2.75) is 19.1 Å². The van der Waals surface area contributed by atoms with Crippen molar-refractivity contribution in [2.75, 3.05) is 49.3 Å². The van der Waals surface area contributed by atoms with Crippen LogP contribution in [0.25, 0.3) is 0 Å². The summed E-state index contributed by atoms with van der Waals surface area (Å²) < 4.78 is 6.31. The minimum atomic E-state index is -0.136. The number of likely N-dealkylation sites (N-methyl/N-ethyl adjacent to an activating group) is 1. The number of carbonyl (C=O) groups is 1. The second kappa shape index (κ2) is 11.8. The maximum absolute atomic E-state index is 13.3. The number of rotatable bonds is 8. The Morgan fingerprint density at radius 2 is 1.94 bits per heavy atom. The normalized spacial score (nSPS) is 14.2. The molecule has 0 saturated heterocycles. The summed E-state index contributed by atoms with van der Waals surface area (Å²) in [5, 5.41) is 3.20. The highest BCUT2D eigenvalue weighted by molar-refractivity contribution is 7.59. The molecule has 0 aliphatic carbocycles. The molecule has 1 aromatic heterocycles. The van der Waals surface area contributed by atoms with Gasteiger partial charge in [-0.1, -0.05) is 42.5 Å². The van der Waals surface area contributed by atoms with E-state index in [1.807, 2.05) is 61.5 Å². The van der Waals surface area contributed by atoms with E-state index in [2.05, 4.69) is 27.4 Å². The zero-order valence-corrected chi connectivity index (χ0v) is 20.6. The quantitative estimate of drug-likeness (QED) is 0.511. The van der Waals surface area contributed by atoms with Crippen LogP contribution in [0.3, 0.4) is 0 Å². The van der Waals surface area contributed by atoms with Gasteiger partial charge in [0, 0.05) is 32.0 Å². The Kier molecular flexibility index (Phi) is 8.86. The SMILES string of the molecule is CNCCC(OCc1cccc(N2CCN(C)c3nc(N)ncc3C2=O)c1)c1ccccc1.S.